The highest BCUT2D eigenvalue weighted by Gasteiger charge is 2.26. The summed E-state index contributed by atoms with van der Waals surface area (Å²) in [5, 5.41) is 3.80. The van der Waals surface area contributed by atoms with E-state index < -0.39 is 0 Å². The Hall–Kier alpha value is -2.93. The molecule has 4 rings (SSSR count). The first kappa shape index (κ1) is 19.4. The number of carbonyl (C=O) groups is 2. The molecule has 1 aromatic heterocycles. The molecule has 0 radical (unpaired) electrons. The van der Waals surface area contributed by atoms with E-state index in [1.165, 1.54) is 4.70 Å². The van der Waals surface area contributed by atoms with Crippen LogP contribution in [-0.4, -0.2) is 47.9 Å². The van der Waals surface area contributed by atoms with E-state index in [1.807, 2.05) is 41.3 Å². The predicted octanol–water partition coefficient (Wildman–Crippen LogP) is 3.20. The first-order valence-electron chi connectivity index (χ1n) is 9.77. The van der Waals surface area contributed by atoms with Crippen LogP contribution in [-0.2, 0) is 9.59 Å². The van der Waals surface area contributed by atoms with Crippen molar-refractivity contribution >= 4 is 33.4 Å². The number of fused-ring (bicyclic) bond motifs is 1. The molecule has 0 unspecified atom stereocenters. The zero-order valence-corrected chi connectivity index (χ0v) is 16.9. The minimum atomic E-state index is -0.299. The highest BCUT2D eigenvalue weighted by molar-refractivity contribution is 7.18. The van der Waals surface area contributed by atoms with E-state index >= 15 is 0 Å². The molecule has 2 heterocycles. The number of para-hydroxylation sites is 2. The Balaban J connectivity index is 1.21. The number of thiazole rings is 1. The second-order valence-corrected chi connectivity index (χ2v) is 8.12. The average Bonchev–Trinajstić information content (AvgIpc) is 3.21. The summed E-state index contributed by atoms with van der Waals surface area (Å²) in [6, 6.07) is 17.3. The summed E-state index contributed by atoms with van der Waals surface area (Å²) < 4.78 is 6.60. The van der Waals surface area contributed by atoms with E-state index in [-0.39, 0.29) is 25.0 Å². The third-order valence-corrected chi connectivity index (χ3v) is 6.26. The molecule has 0 atom stereocenters. The van der Waals surface area contributed by atoms with Gasteiger partial charge in [0.2, 0.25) is 5.91 Å². The highest BCUT2D eigenvalue weighted by Crippen LogP contribution is 2.33. The zero-order chi connectivity index (χ0) is 20.1. The van der Waals surface area contributed by atoms with Gasteiger partial charge in [-0.1, -0.05) is 30.3 Å². The van der Waals surface area contributed by atoms with Gasteiger partial charge in [-0.05, 0) is 37.1 Å². The van der Waals surface area contributed by atoms with Crippen LogP contribution in [0.3, 0.4) is 0 Å². The number of hydrogen-bond acceptors (Lipinski definition) is 5. The molecule has 0 bridgehead atoms. The van der Waals surface area contributed by atoms with Crippen LogP contribution < -0.4 is 10.1 Å². The number of ether oxygens (including phenoxy) is 1. The van der Waals surface area contributed by atoms with Gasteiger partial charge in [-0.2, -0.15) is 0 Å². The van der Waals surface area contributed by atoms with Crippen LogP contribution >= 0.6 is 11.3 Å². The van der Waals surface area contributed by atoms with E-state index in [2.05, 4.69) is 11.4 Å². The van der Waals surface area contributed by atoms with Gasteiger partial charge in [0, 0.05) is 19.0 Å². The molecule has 29 heavy (non-hydrogen) atoms. The molecule has 3 aromatic rings. The lowest BCUT2D eigenvalue weighted by Crippen LogP contribution is -2.44. The minimum Gasteiger partial charge on any atom is -0.484 e. The Labute approximate surface area is 173 Å². The van der Waals surface area contributed by atoms with Crippen molar-refractivity contribution in [3.63, 3.8) is 0 Å². The molecule has 1 fully saturated rings. The first-order valence-corrected chi connectivity index (χ1v) is 10.6. The molecule has 0 spiro atoms. The van der Waals surface area contributed by atoms with Crippen molar-refractivity contribution in [3.8, 4) is 5.75 Å². The largest absolute Gasteiger partial charge is 0.484 e. The van der Waals surface area contributed by atoms with E-state index in [0.717, 1.165) is 23.4 Å². The van der Waals surface area contributed by atoms with Gasteiger partial charge < -0.3 is 15.0 Å². The van der Waals surface area contributed by atoms with Crippen molar-refractivity contribution in [2.45, 2.75) is 18.8 Å². The Morgan fingerprint density at radius 1 is 1.07 bits per heavy atom. The van der Waals surface area contributed by atoms with Gasteiger partial charge in [-0.3, -0.25) is 9.59 Å². The number of likely N-dealkylation sites (tertiary alicyclic amines) is 1. The van der Waals surface area contributed by atoms with Gasteiger partial charge in [0.1, 0.15) is 5.75 Å². The van der Waals surface area contributed by atoms with Crippen molar-refractivity contribution in [2.75, 3.05) is 26.2 Å². The smallest absolute Gasteiger partial charge is 0.258 e. The first-order chi connectivity index (χ1) is 14.2. The Bertz CT molecular complexity index is 948. The lowest BCUT2D eigenvalue weighted by atomic mass is 9.97. The summed E-state index contributed by atoms with van der Waals surface area (Å²) in [5.74, 6) is 0.670. The van der Waals surface area contributed by atoms with Gasteiger partial charge in [0.05, 0.1) is 21.8 Å². The third-order valence-electron chi connectivity index (χ3n) is 5.06. The van der Waals surface area contributed by atoms with Crippen LogP contribution in [0.2, 0.25) is 0 Å². The van der Waals surface area contributed by atoms with Crippen molar-refractivity contribution < 1.29 is 14.3 Å². The maximum absolute atomic E-state index is 12.4. The standard InChI is InChI=1S/C22H23N3O3S/c26-20(15-28-17-6-2-1-3-7-17)23-14-21(27)25-12-10-16(11-13-25)22-24-18-8-4-5-9-19(18)29-22/h1-9,16H,10-15H2,(H,23,26). The Morgan fingerprint density at radius 3 is 2.55 bits per heavy atom. The molecule has 1 aliphatic heterocycles. The highest BCUT2D eigenvalue weighted by atomic mass is 32.1. The van der Waals surface area contributed by atoms with Gasteiger partial charge in [-0.25, -0.2) is 4.98 Å². The lowest BCUT2D eigenvalue weighted by Gasteiger charge is -2.31. The van der Waals surface area contributed by atoms with Crippen molar-refractivity contribution in [1.29, 1.82) is 0 Å². The third kappa shape index (κ3) is 4.92. The lowest BCUT2D eigenvalue weighted by molar-refractivity contribution is -0.134. The monoisotopic (exact) mass is 409 g/mol. The number of carbonyl (C=O) groups excluding carboxylic acids is 2. The maximum atomic E-state index is 12.4. The number of hydrogen-bond donors (Lipinski definition) is 1. The SMILES string of the molecule is O=C(COc1ccccc1)NCC(=O)N1CCC(c2nc3ccccc3s2)CC1. The van der Waals surface area contributed by atoms with Gasteiger partial charge in [0.25, 0.3) is 5.91 Å². The number of amides is 2. The van der Waals surface area contributed by atoms with Gasteiger partial charge in [-0.15, -0.1) is 11.3 Å². The zero-order valence-electron chi connectivity index (χ0n) is 16.0. The van der Waals surface area contributed by atoms with E-state index in [0.29, 0.717) is 24.8 Å². The van der Waals surface area contributed by atoms with Crippen LogP contribution in [0, 0.1) is 0 Å². The molecule has 7 heteroatoms. The van der Waals surface area contributed by atoms with E-state index in [4.69, 9.17) is 9.72 Å². The number of piperidine rings is 1. The summed E-state index contributed by atoms with van der Waals surface area (Å²) >= 11 is 1.75. The van der Waals surface area contributed by atoms with Crippen molar-refractivity contribution in [3.05, 3.63) is 59.6 Å². The molecule has 1 N–H and O–H groups in total. The number of rotatable bonds is 6. The predicted molar refractivity (Wildman–Crippen MR) is 113 cm³/mol. The molecule has 0 saturated carbocycles. The summed E-state index contributed by atoms with van der Waals surface area (Å²) in [6.07, 6.45) is 1.80. The Kier molecular flexibility index (Phi) is 6.05. The van der Waals surface area contributed by atoms with Crippen LogP contribution in [0.5, 0.6) is 5.75 Å². The van der Waals surface area contributed by atoms with E-state index in [9.17, 15) is 9.59 Å². The maximum Gasteiger partial charge on any atom is 0.258 e. The molecule has 2 amide bonds. The molecular weight excluding hydrogens is 386 g/mol. The van der Waals surface area contributed by atoms with E-state index in [1.54, 1.807) is 23.5 Å². The second kappa shape index (κ2) is 9.05. The minimum absolute atomic E-state index is 0.00277. The fourth-order valence-electron chi connectivity index (χ4n) is 3.44. The molecule has 0 aliphatic carbocycles. The molecular formula is C22H23N3O3S. The number of benzene rings is 2. The molecule has 150 valence electrons. The fraction of sp³-hybridized carbons (Fsp3) is 0.318. The summed E-state index contributed by atoms with van der Waals surface area (Å²) in [6.45, 7) is 1.28. The van der Waals surface area contributed by atoms with Crippen LogP contribution in [0.4, 0.5) is 0 Å². The Morgan fingerprint density at radius 2 is 1.79 bits per heavy atom. The van der Waals surface area contributed by atoms with Crippen LogP contribution in [0.25, 0.3) is 10.2 Å². The quantitative estimate of drug-likeness (QED) is 0.679. The number of aromatic nitrogens is 1. The fourth-order valence-corrected chi connectivity index (χ4v) is 4.58. The van der Waals surface area contributed by atoms with Gasteiger partial charge in [0.15, 0.2) is 6.61 Å². The molecule has 1 saturated heterocycles. The van der Waals surface area contributed by atoms with Crippen LogP contribution in [0.1, 0.15) is 23.8 Å². The summed E-state index contributed by atoms with van der Waals surface area (Å²) in [7, 11) is 0. The molecule has 6 nitrogen and oxygen atoms in total. The number of nitrogens with one attached hydrogen (secondary N) is 1. The molecule has 1 aliphatic rings. The normalized spacial score (nSPS) is 14.7. The topological polar surface area (TPSA) is 71.5 Å². The van der Waals surface area contributed by atoms with Crippen LogP contribution in [0.15, 0.2) is 54.6 Å². The summed E-state index contributed by atoms with van der Waals surface area (Å²) in [5.41, 5.74) is 1.05. The summed E-state index contributed by atoms with van der Waals surface area (Å²) in [4.78, 5) is 30.9. The van der Waals surface area contributed by atoms with Gasteiger partial charge >= 0.3 is 0 Å². The molecule has 2 aromatic carbocycles. The average molecular weight is 410 g/mol. The second-order valence-electron chi connectivity index (χ2n) is 7.05. The van der Waals surface area contributed by atoms with Crippen molar-refractivity contribution in [1.82, 2.24) is 15.2 Å². The van der Waals surface area contributed by atoms with Crippen molar-refractivity contribution in [2.24, 2.45) is 0 Å². The number of nitrogens with zero attached hydrogens (tertiary/aromatic N) is 2.